The van der Waals surface area contributed by atoms with Crippen LogP contribution in [0, 0.1) is 20.8 Å². The predicted octanol–water partition coefficient (Wildman–Crippen LogP) is 10.1. The fourth-order valence-electron chi connectivity index (χ4n) is 7.58. The molecule has 8 rings (SSSR count). The Bertz CT molecular complexity index is 3290. The van der Waals surface area contributed by atoms with Gasteiger partial charge in [-0.2, -0.15) is 8.42 Å². The maximum Gasteiger partial charge on any atom is 0.303 e. The standard InChI is InChI=1S/C12H17NO4S.2C8H11NO3.C8H11NO2S.C7H10N2O3.C7H10N2O2S.C7H9NO3.C7H9NO2S/c14-12(13-9-10-18(15,16)17)8-4-7-11-5-2-1-3-6-11;1-6-9-7(5-12-6)3-2-4-8(10)11;2*1-6-9-5-7(12-6)3-2-4-8(10)11;2*8-7-9-4-5(12-7)2-1-3-6(10)11;2*9-7(10)3-1-2-6-4-8-5-11-6/h1-3,5-6H,4,7-10H2,(H,13,14)(H,15,16,17);3*5H,2-4H2,1H3,(H,10,11);2*4H,1-3H2,(H2,8,9)(H,10,11);2*4-5H,1-3H2,(H,9,10). The van der Waals surface area contributed by atoms with Gasteiger partial charge in [0.15, 0.2) is 23.3 Å². The summed E-state index contributed by atoms with van der Waals surface area (Å²) in [4.78, 5) is 113. The van der Waals surface area contributed by atoms with Crippen molar-refractivity contribution in [3.8, 4) is 0 Å². The number of carboxylic acid groups (broad SMARTS) is 7. The molecule has 1 aromatic carbocycles. The number of nitrogen functional groups attached to an aromatic ring is 2. The van der Waals surface area contributed by atoms with Crippen molar-refractivity contribution in [1.29, 1.82) is 0 Å². The van der Waals surface area contributed by atoms with Gasteiger partial charge in [-0.1, -0.05) is 30.3 Å². The Hall–Kier alpha value is -9.78. The first kappa shape index (κ1) is 88.2. The summed E-state index contributed by atoms with van der Waals surface area (Å²) in [7, 11) is -4.00. The molecule has 0 saturated heterocycles. The third-order valence-corrected chi connectivity index (χ3v) is 15.6. The lowest BCUT2D eigenvalue weighted by molar-refractivity contribution is -0.138. The van der Waals surface area contributed by atoms with Crippen LogP contribution in [-0.4, -0.2) is 144 Å². The van der Waals surface area contributed by atoms with Gasteiger partial charge in [-0.05, 0) is 96.0 Å². The van der Waals surface area contributed by atoms with Crippen molar-refractivity contribution in [2.24, 2.45) is 0 Å². The third-order valence-electron chi connectivity index (χ3n) is 12.2. The fourth-order valence-corrected chi connectivity index (χ4v) is 10.1. The molecule has 36 heteroatoms. The lowest BCUT2D eigenvalue weighted by atomic mass is 10.1. The van der Waals surface area contributed by atoms with Crippen LogP contribution >= 0.6 is 34.0 Å². The summed E-state index contributed by atoms with van der Waals surface area (Å²) in [5.74, 6) is -2.59. The van der Waals surface area contributed by atoms with Crippen LogP contribution in [-0.2, 0) is 99.8 Å². The summed E-state index contributed by atoms with van der Waals surface area (Å²) in [6, 6.07) is 9.95. The molecule has 7 heterocycles. The van der Waals surface area contributed by atoms with E-state index in [1.807, 2.05) is 43.5 Å². The second-order valence-electron chi connectivity index (χ2n) is 21.0. The minimum Gasteiger partial charge on any atom is -0.481 e. The largest absolute Gasteiger partial charge is 0.481 e. The van der Waals surface area contributed by atoms with Crippen LogP contribution in [0.4, 0.5) is 11.1 Å². The van der Waals surface area contributed by atoms with E-state index in [0.29, 0.717) is 106 Å². The van der Waals surface area contributed by atoms with Crippen molar-refractivity contribution in [1.82, 2.24) is 40.2 Å². The zero-order valence-corrected chi connectivity index (χ0v) is 58.9. The molecule has 32 nitrogen and oxygen atoms in total. The zero-order chi connectivity index (χ0) is 74.5. The summed E-state index contributed by atoms with van der Waals surface area (Å²) in [5.41, 5.74) is 14.4. The normalized spacial score (nSPS) is 10.2. The smallest absolute Gasteiger partial charge is 0.303 e. The van der Waals surface area contributed by atoms with E-state index in [-0.39, 0.29) is 63.4 Å². The highest BCUT2D eigenvalue weighted by Crippen LogP contribution is 2.18. The average Bonchev–Trinajstić information content (AvgIpc) is 1.86. The summed E-state index contributed by atoms with van der Waals surface area (Å²) < 4.78 is 49.3. The maximum absolute atomic E-state index is 11.3. The zero-order valence-electron chi connectivity index (χ0n) is 55.7. The molecule has 0 radical (unpaired) electrons. The van der Waals surface area contributed by atoms with Crippen molar-refractivity contribution in [3.63, 3.8) is 0 Å². The highest BCUT2D eigenvalue weighted by molar-refractivity contribution is 7.85. The Morgan fingerprint density at radius 2 is 0.970 bits per heavy atom. The monoisotopic (exact) mass is 1480 g/mol. The van der Waals surface area contributed by atoms with Crippen LogP contribution in [0.15, 0.2) is 103 Å². The Labute approximate surface area is 589 Å². The van der Waals surface area contributed by atoms with Crippen LogP contribution in [0.5, 0.6) is 0 Å². The van der Waals surface area contributed by atoms with Gasteiger partial charge in [-0.15, -0.1) is 34.0 Å². The van der Waals surface area contributed by atoms with E-state index < -0.39 is 57.7 Å². The van der Waals surface area contributed by atoms with E-state index in [9.17, 15) is 46.8 Å². The molecule has 0 aliphatic carbocycles. The van der Waals surface area contributed by atoms with E-state index in [4.69, 9.17) is 69.4 Å². The van der Waals surface area contributed by atoms with Crippen LogP contribution in [0.1, 0.15) is 163 Å². The van der Waals surface area contributed by atoms with E-state index in [0.717, 1.165) is 57.7 Å². The number of carboxylic acids is 7. The lowest BCUT2D eigenvalue weighted by Crippen LogP contribution is -2.28. The molecule has 0 aliphatic heterocycles. The van der Waals surface area contributed by atoms with Crippen molar-refractivity contribution in [3.05, 3.63) is 146 Å². The Balaban J connectivity index is 0.000000574. The van der Waals surface area contributed by atoms with Crippen molar-refractivity contribution in [2.45, 2.75) is 175 Å². The highest BCUT2D eigenvalue weighted by atomic mass is 32.2. The molecule has 8 aromatic rings. The number of carbonyl (C=O) groups excluding carboxylic acids is 1. The molecule has 1 amide bonds. The minimum absolute atomic E-state index is 0.0526. The number of thiazole rings is 3. The predicted molar refractivity (Wildman–Crippen MR) is 368 cm³/mol. The van der Waals surface area contributed by atoms with Gasteiger partial charge in [0.05, 0.1) is 40.6 Å². The van der Waals surface area contributed by atoms with Crippen LogP contribution in [0.2, 0.25) is 0 Å². The topological polar surface area (TPSA) is 539 Å². The molecule has 0 fully saturated rings. The van der Waals surface area contributed by atoms with Gasteiger partial charge in [-0.3, -0.25) is 47.9 Å². The molecule has 0 unspecified atom stereocenters. The van der Waals surface area contributed by atoms with E-state index in [2.05, 4.69) is 40.2 Å². The lowest BCUT2D eigenvalue weighted by Gasteiger charge is -2.04. The first-order valence-corrected chi connectivity index (χ1v) is 35.3. The molecule has 7 aromatic heterocycles. The number of nitrogens with two attached hydrogens (primary N) is 2. The molecule has 0 saturated carbocycles. The Kier molecular flexibility index (Phi) is 47.0. The number of amides is 1. The average molecular weight is 1480 g/mol. The van der Waals surface area contributed by atoms with E-state index >= 15 is 0 Å². The van der Waals surface area contributed by atoms with E-state index in [1.54, 1.807) is 73.1 Å². The third kappa shape index (κ3) is 53.3. The van der Waals surface area contributed by atoms with Crippen LogP contribution < -0.4 is 16.8 Å². The number of aliphatic carboxylic acids is 7. The summed E-state index contributed by atoms with van der Waals surface area (Å²) >= 11 is 4.62. The molecule has 0 spiro atoms. The fraction of sp³-hybridized carbons (Fsp3) is 0.453. The van der Waals surface area contributed by atoms with Crippen LogP contribution in [0.25, 0.3) is 0 Å². The molecular formula is C64H88N10O22S4. The number of benzene rings is 1. The highest BCUT2D eigenvalue weighted by Gasteiger charge is 2.09. The van der Waals surface area contributed by atoms with Crippen molar-refractivity contribution >= 4 is 103 Å². The summed E-state index contributed by atoms with van der Waals surface area (Å²) in [6.07, 6.45) is 25.6. The van der Waals surface area contributed by atoms with Crippen molar-refractivity contribution < 1.29 is 105 Å². The Morgan fingerprint density at radius 1 is 0.490 bits per heavy atom. The molecule has 0 bridgehead atoms. The van der Waals surface area contributed by atoms with Gasteiger partial charge in [-0.25, -0.2) is 29.9 Å². The molecule has 550 valence electrons. The van der Waals surface area contributed by atoms with Gasteiger partial charge >= 0.3 is 41.8 Å². The SMILES string of the molecule is Cc1nc(CCCC(=O)O)co1.Cc1ncc(CCCC(=O)O)o1.Cc1ncc(CCCC(=O)O)s1.Nc1ncc(CCCC(=O)O)o1.Nc1ncc(CCCC(=O)O)s1.O=C(CCCc1ccccc1)NCCS(=O)(=O)O.O=C(O)CCCc1cnco1.O=C(O)CCCc1cncs1. The number of carbonyl (C=O) groups is 8. The number of rotatable bonds is 35. The number of aryl methyl sites for hydroxylation is 11. The summed E-state index contributed by atoms with van der Waals surface area (Å²) in [5, 5.41) is 62.4. The molecule has 0 aliphatic rings. The molecule has 0 atom stereocenters. The Morgan fingerprint density at radius 3 is 1.38 bits per heavy atom. The number of nitrogens with one attached hydrogen (secondary N) is 1. The quantitative estimate of drug-likeness (QED) is 0.0164. The molecule has 13 N–H and O–H groups in total. The van der Waals surface area contributed by atoms with Gasteiger partial charge < -0.3 is 70.2 Å². The number of aromatic nitrogens is 7. The molecule has 100 heavy (non-hydrogen) atoms. The number of anilines is 2. The van der Waals surface area contributed by atoms with Gasteiger partial charge in [0.2, 0.25) is 5.91 Å². The first-order valence-electron chi connectivity index (χ1n) is 31.1. The number of nitrogens with zero attached hydrogens (tertiary/aromatic N) is 7. The van der Waals surface area contributed by atoms with Gasteiger partial charge in [0, 0.05) is 124 Å². The van der Waals surface area contributed by atoms with E-state index in [1.165, 1.54) is 34.4 Å². The number of hydrogen-bond acceptors (Lipinski definition) is 26. The van der Waals surface area contributed by atoms with Gasteiger partial charge in [0.1, 0.15) is 23.5 Å². The number of hydrogen-bond donors (Lipinski definition) is 11. The summed E-state index contributed by atoms with van der Waals surface area (Å²) in [6.45, 7) is 5.43. The van der Waals surface area contributed by atoms with Crippen LogP contribution in [0.3, 0.4) is 0 Å². The second-order valence-corrected chi connectivity index (χ2v) is 26.0. The van der Waals surface area contributed by atoms with Gasteiger partial charge in [0.25, 0.3) is 16.1 Å². The molecular weight excluding hydrogens is 1390 g/mol. The maximum atomic E-state index is 11.3. The second kappa shape index (κ2) is 53.2. The van der Waals surface area contributed by atoms with Crippen molar-refractivity contribution in [2.75, 3.05) is 23.8 Å². The minimum atomic E-state index is -4.00. The first-order chi connectivity index (χ1) is 47.5. The number of oxazole rings is 4.